The molecule has 5 heteroatoms. The SMILES string of the molecule is COc1cc(Sc2ccc(CC(=O)O)cc2)ccc1N. The number of rotatable bonds is 5. The molecule has 104 valence electrons. The van der Waals surface area contributed by atoms with Crippen molar-refractivity contribution >= 4 is 23.4 Å². The fourth-order valence-corrected chi connectivity index (χ4v) is 2.59. The Hall–Kier alpha value is -2.14. The van der Waals surface area contributed by atoms with Gasteiger partial charge in [0.1, 0.15) is 5.75 Å². The molecule has 0 atom stereocenters. The second-order valence-electron chi connectivity index (χ2n) is 4.22. The van der Waals surface area contributed by atoms with Gasteiger partial charge in [-0.25, -0.2) is 0 Å². The van der Waals surface area contributed by atoms with E-state index < -0.39 is 5.97 Å². The predicted octanol–water partition coefficient (Wildman–Crippen LogP) is 3.06. The molecule has 2 rings (SSSR count). The smallest absolute Gasteiger partial charge is 0.307 e. The molecule has 0 aromatic heterocycles. The third-order valence-corrected chi connectivity index (χ3v) is 3.72. The summed E-state index contributed by atoms with van der Waals surface area (Å²) in [6, 6.07) is 13.1. The van der Waals surface area contributed by atoms with Gasteiger partial charge < -0.3 is 15.6 Å². The van der Waals surface area contributed by atoms with Crippen LogP contribution in [-0.2, 0) is 11.2 Å². The average Bonchev–Trinajstić information content (AvgIpc) is 2.42. The highest BCUT2D eigenvalue weighted by molar-refractivity contribution is 7.99. The maximum Gasteiger partial charge on any atom is 0.307 e. The summed E-state index contributed by atoms with van der Waals surface area (Å²) in [6.45, 7) is 0. The first kappa shape index (κ1) is 14.3. The summed E-state index contributed by atoms with van der Waals surface area (Å²) in [6.07, 6.45) is 0.0423. The Morgan fingerprint density at radius 1 is 1.20 bits per heavy atom. The van der Waals surface area contributed by atoms with Crippen LogP contribution in [-0.4, -0.2) is 18.2 Å². The molecule has 0 aliphatic carbocycles. The minimum Gasteiger partial charge on any atom is -0.495 e. The van der Waals surface area contributed by atoms with E-state index in [1.165, 1.54) is 0 Å². The van der Waals surface area contributed by atoms with E-state index in [1.807, 2.05) is 36.4 Å². The Morgan fingerprint density at radius 3 is 2.45 bits per heavy atom. The molecule has 0 aliphatic heterocycles. The third kappa shape index (κ3) is 3.68. The maximum absolute atomic E-state index is 10.6. The molecule has 0 heterocycles. The van der Waals surface area contributed by atoms with E-state index in [2.05, 4.69) is 0 Å². The van der Waals surface area contributed by atoms with E-state index in [4.69, 9.17) is 15.6 Å². The maximum atomic E-state index is 10.6. The van der Waals surface area contributed by atoms with Crippen molar-refractivity contribution in [2.45, 2.75) is 16.2 Å². The number of nitrogens with two attached hydrogens (primary N) is 1. The number of methoxy groups -OCH3 is 1. The molecule has 2 aromatic rings. The molecule has 0 unspecified atom stereocenters. The Labute approximate surface area is 121 Å². The van der Waals surface area contributed by atoms with Crippen LogP contribution in [0.2, 0.25) is 0 Å². The number of benzene rings is 2. The summed E-state index contributed by atoms with van der Waals surface area (Å²) in [7, 11) is 1.58. The zero-order valence-corrected chi connectivity index (χ0v) is 11.8. The molecule has 0 fully saturated rings. The lowest BCUT2D eigenvalue weighted by atomic mass is 10.2. The monoisotopic (exact) mass is 289 g/mol. The molecule has 0 aliphatic rings. The lowest BCUT2D eigenvalue weighted by molar-refractivity contribution is -0.136. The lowest BCUT2D eigenvalue weighted by Gasteiger charge is -2.07. The van der Waals surface area contributed by atoms with Crippen LogP contribution in [0.15, 0.2) is 52.3 Å². The molecule has 0 saturated carbocycles. The van der Waals surface area contributed by atoms with Crippen molar-refractivity contribution in [3.05, 3.63) is 48.0 Å². The van der Waals surface area contributed by atoms with Crippen LogP contribution < -0.4 is 10.5 Å². The highest BCUT2D eigenvalue weighted by atomic mass is 32.2. The summed E-state index contributed by atoms with van der Waals surface area (Å²) >= 11 is 1.57. The van der Waals surface area contributed by atoms with Crippen molar-refractivity contribution in [3.63, 3.8) is 0 Å². The quantitative estimate of drug-likeness (QED) is 0.828. The van der Waals surface area contributed by atoms with Gasteiger partial charge in [0.25, 0.3) is 0 Å². The fraction of sp³-hybridized carbons (Fsp3) is 0.133. The highest BCUT2D eigenvalue weighted by Gasteiger charge is 2.04. The zero-order chi connectivity index (χ0) is 14.5. The Morgan fingerprint density at radius 2 is 1.85 bits per heavy atom. The largest absolute Gasteiger partial charge is 0.495 e. The summed E-state index contributed by atoms with van der Waals surface area (Å²) in [5.74, 6) is -0.175. The van der Waals surface area contributed by atoms with Crippen molar-refractivity contribution in [3.8, 4) is 5.75 Å². The van der Waals surface area contributed by atoms with Crippen molar-refractivity contribution in [2.24, 2.45) is 0 Å². The van der Waals surface area contributed by atoms with Crippen molar-refractivity contribution in [2.75, 3.05) is 12.8 Å². The summed E-state index contributed by atoms with van der Waals surface area (Å²) in [4.78, 5) is 12.7. The van der Waals surface area contributed by atoms with Gasteiger partial charge in [0.05, 0.1) is 19.2 Å². The molecular weight excluding hydrogens is 274 g/mol. The Kier molecular flexibility index (Phi) is 4.53. The molecule has 4 nitrogen and oxygen atoms in total. The number of hydrogen-bond donors (Lipinski definition) is 2. The third-order valence-electron chi connectivity index (χ3n) is 2.72. The van der Waals surface area contributed by atoms with Gasteiger partial charge in [0.15, 0.2) is 0 Å². The van der Waals surface area contributed by atoms with E-state index in [-0.39, 0.29) is 6.42 Å². The van der Waals surface area contributed by atoms with Gasteiger partial charge in [0, 0.05) is 9.79 Å². The van der Waals surface area contributed by atoms with Gasteiger partial charge in [-0.05, 0) is 35.9 Å². The number of carboxylic acids is 1. The summed E-state index contributed by atoms with van der Waals surface area (Å²) in [5, 5.41) is 8.72. The van der Waals surface area contributed by atoms with Crippen LogP contribution in [0.5, 0.6) is 5.75 Å². The molecule has 3 N–H and O–H groups in total. The van der Waals surface area contributed by atoms with Crippen LogP contribution in [0, 0.1) is 0 Å². The summed E-state index contributed by atoms with van der Waals surface area (Å²) in [5.41, 5.74) is 7.16. The minimum atomic E-state index is -0.825. The number of nitrogen functional groups attached to an aromatic ring is 1. The summed E-state index contributed by atoms with van der Waals surface area (Å²) < 4.78 is 5.18. The molecule has 0 amide bonds. The van der Waals surface area contributed by atoms with E-state index >= 15 is 0 Å². The van der Waals surface area contributed by atoms with E-state index in [0.29, 0.717) is 11.4 Å². The van der Waals surface area contributed by atoms with Crippen LogP contribution >= 0.6 is 11.8 Å². The van der Waals surface area contributed by atoms with Crippen molar-refractivity contribution in [1.29, 1.82) is 0 Å². The fourth-order valence-electron chi connectivity index (χ4n) is 1.74. The first-order valence-corrected chi connectivity index (χ1v) is 6.82. The highest BCUT2D eigenvalue weighted by Crippen LogP contribution is 2.32. The predicted molar refractivity (Wildman–Crippen MR) is 79.3 cm³/mol. The number of aliphatic carboxylic acids is 1. The standard InChI is InChI=1S/C15H15NO3S/c1-19-14-9-12(6-7-13(14)16)20-11-4-2-10(3-5-11)8-15(17)18/h2-7,9H,8,16H2,1H3,(H,17,18). The topological polar surface area (TPSA) is 72.5 Å². The molecule has 0 radical (unpaired) electrons. The number of hydrogen-bond acceptors (Lipinski definition) is 4. The van der Waals surface area contributed by atoms with Crippen LogP contribution in [0.1, 0.15) is 5.56 Å². The number of carbonyl (C=O) groups is 1. The molecule has 0 saturated heterocycles. The lowest BCUT2D eigenvalue weighted by Crippen LogP contribution is -1.99. The molecule has 0 spiro atoms. The van der Waals surface area contributed by atoms with Crippen LogP contribution in [0.4, 0.5) is 5.69 Å². The van der Waals surface area contributed by atoms with Gasteiger partial charge >= 0.3 is 5.97 Å². The molecular formula is C15H15NO3S. The molecule has 20 heavy (non-hydrogen) atoms. The van der Waals surface area contributed by atoms with Gasteiger partial charge in [-0.3, -0.25) is 4.79 Å². The van der Waals surface area contributed by atoms with Gasteiger partial charge in [-0.1, -0.05) is 23.9 Å². The number of anilines is 1. The van der Waals surface area contributed by atoms with E-state index in [9.17, 15) is 4.79 Å². The molecule has 2 aromatic carbocycles. The Bertz CT molecular complexity index is 611. The van der Waals surface area contributed by atoms with Crippen molar-refractivity contribution in [1.82, 2.24) is 0 Å². The second-order valence-corrected chi connectivity index (χ2v) is 5.37. The van der Waals surface area contributed by atoms with E-state index in [1.54, 1.807) is 24.9 Å². The molecule has 0 bridgehead atoms. The van der Waals surface area contributed by atoms with Gasteiger partial charge in [0.2, 0.25) is 0 Å². The van der Waals surface area contributed by atoms with E-state index in [0.717, 1.165) is 15.4 Å². The normalized spacial score (nSPS) is 10.2. The first-order valence-electron chi connectivity index (χ1n) is 6.00. The number of carboxylic acid groups (broad SMARTS) is 1. The van der Waals surface area contributed by atoms with Crippen molar-refractivity contribution < 1.29 is 14.6 Å². The van der Waals surface area contributed by atoms with Gasteiger partial charge in [-0.2, -0.15) is 0 Å². The zero-order valence-electron chi connectivity index (χ0n) is 11.0. The number of ether oxygens (including phenoxy) is 1. The van der Waals surface area contributed by atoms with Crippen LogP contribution in [0.3, 0.4) is 0 Å². The minimum absolute atomic E-state index is 0.0423. The first-order chi connectivity index (χ1) is 9.58. The Balaban J connectivity index is 2.11. The second kappa shape index (κ2) is 6.34. The average molecular weight is 289 g/mol. The van der Waals surface area contributed by atoms with Crippen LogP contribution in [0.25, 0.3) is 0 Å². The van der Waals surface area contributed by atoms with Gasteiger partial charge in [-0.15, -0.1) is 0 Å².